The van der Waals surface area contributed by atoms with Crippen LogP contribution in [0.4, 0.5) is 0 Å². The summed E-state index contributed by atoms with van der Waals surface area (Å²) in [4.78, 5) is 172. The second kappa shape index (κ2) is 36.4. The lowest BCUT2D eigenvalue weighted by atomic mass is 9.93. The van der Waals surface area contributed by atoms with Crippen molar-refractivity contribution < 1.29 is 67.0 Å². The maximum atomic E-state index is 15.6. The van der Waals surface area contributed by atoms with Crippen molar-refractivity contribution in [3.05, 3.63) is 18.2 Å². The Hall–Kier alpha value is -6.70. The fourth-order valence-electron chi connectivity index (χ4n) is 12.2. The van der Waals surface area contributed by atoms with Gasteiger partial charge in [-0.25, -0.2) is 0 Å². The number of thioether (sulfide) groups is 1. The molecular formula is C68H115N11O14S. The smallest absolute Gasteiger partial charge is 0.246 e. The van der Waals surface area contributed by atoms with E-state index in [1.54, 1.807) is 52.8 Å². The quantitative estimate of drug-likeness (QED) is 0.172. The van der Waals surface area contributed by atoms with Crippen molar-refractivity contribution in [2.24, 2.45) is 41.4 Å². The number of hydrogen-bond acceptors (Lipinski definition) is 15. The Labute approximate surface area is 564 Å². The lowest BCUT2D eigenvalue weighted by molar-refractivity contribution is -0.157. The van der Waals surface area contributed by atoms with Gasteiger partial charge in [0.1, 0.15) is 77.4 Å². The van der Waals surface area contributed by atoms with Gasteiger partial charge in [-0.15, -0.1) is 0 Å². The average Bonchev–Trinajstić information content (AvgIpc) is 1.41. The molecule has 13 atom stereocenters. The van der Waals surface area contributed by atoms with Crippen LogP contribution in [0, 0.1) is 41.4 Å². The molecular weight excluding hydrogens is 1230 g/mol. The van der Waals surface area contributed by atoms with Crippen LogP contribution in [0.2, 0.25) is 0 Å². The molecule has 1 aromatic carbocycles. The van der Waals surface area contributed by atoms with E-state index in [2.05, 4.69) is 21.3 Å². The number of hydrogen-bond donors (Lipinski definition) is 4. The van der Waals surface area contributed by atoms with Crippen LogP contribution in [0.1, 0.15) is 149 Å². The van der Waals surface area contributed by atoms with Crippen molar-refractivity contribution in [2.75, 3.05) is 70.1 Å². The van der Waals surface area contributed by atoms with Gasteiger partial charge < -0.3 is 69.8 Å². The van der Waals surface area contributed by atoms with E-state index in [0.29, 0.717) is 22.8 Å². The van der Waals surface area contributed by atoms with Gasteiger partial charge in [-0.3, -0.25) is 52.7 Å². The van der Waals surface area contributed by atoms with Crippen LogP contribution in [0.5, 0.6) is 11.5 Å². The fourth-order valence-corrected chi connectivity index (χ4v) is 13.6. The van der Waals surface area contributed by atoms with Gasteiger partial charge >= 0.3 is 0 Å². The molecule has 1 aromatic rings. The molecule has 4 N–H and O–H groups in total. The van der Waals surface area contributed by atoms with Crippen LogP contribution < -0.4 is 30.7 Å². The van der Waals surface area contributed by atoms with Crippen molar-refractivity contribution in [3.63, 3.8) is 0 Å². The Bertz CT molecular complexity index is 2780. The number of likely N-dealkylation sites (N-methyl/N-ethyl adjacent to an activating group) is 7. The molecule has 2 aliphatic heterocycles. The molecule has 0 spiro atoms. The Morgan fingerprint density at radius 1 is 0.500 bits per heavy atom. The third-order valence-electron chi connectivity index (χ3n) is 17.8. The van der Waals surface area contributed by atoms with Gasteiger partial charge in [0.2, 0.25) is 65.0 Å². The zero-order valence-corrected chi connectivity index (χ0v) is 61.7. The first-order valence-electron chi connectivity index (χ1n) is 33.3. The Morgan fingerprint density at radius 3 is 1.41 bits per heavy atom. The lowest BCUT2D eigenvalue weighted by Crippen LogP contribution is -2.63. The summed E-state index contributed by atoms with van der Waals surface area (Å²) in [5.41, 5.74) is -0.601. The highest BCUT2D eigenvalue weighted by atomic mass is 32.2. The first-order chi connectivity index (χ1) is 43.7. The predicted molar refractivity (Wildman–Crippen MR) is 362 cm³/mol. The summed E-state index contributed by atoms with van der Waals surface area (Å²) in [6.45, 7) is 27.9. The van der Waals surface area contributed by atoms with Gasteiger partial charge in [-0.2, -0.15) is 0 Å². The number of ether oxygens (including phenoxy) is 3. The summed E-state index contributed by atoms with van der Waals surface area (Å²) in [5, 5.41) is 11.2. The van der Waals surface area contributed by atoms with E-state index in [9.17, 15) is 33.6 Å². The molecule has 94 heavy (non-hydrogen) atoms. The number of methoxy groups -OCH3 is 2. The van der Waals surface area contributed by atoms with Gasteiger partial charge in [0.15, 0.2) is 0 Å². The van der Waals surface area contributed by atoms with Crippen molar-refractivity contribution >= 4 is 76.7 Å². The van der Waals surface area contributed by atoms with Crippen molar-refractivity contribution in [2.45, 2.75) is 226 Å². The highest BCUT2D eigenvalue weighted by molar-refractivity contribution is 8.00. The van der Waals surface area contributed by atoms with E-state index < -0.39 is 161 Å². The maximum Gasteiger partial charge on any atom is 0.246 e. The summed E-state index contributed by atoms with van der Waals surface area (Å²) < 4.78 is 18.2. The topological polar surface area (TPSA) is 286 Å². The second-order valence-corrected chi connectivity index (χ2v) is 29.3. The summed E-state index contributed by atoms with van der Waals surface area (Å²) >= 11 is 1.33. The molecule has 0 unspecified atom stereocenters. The molecule has 0 aromatic heterocycles. The third-order valence-corrected chi connectivity index (χ3v) is 19.0. The van der Waals surface area contributed by atoms with Gasteiger partial charge in [0.05, 0.1) is 31.8 Å². The number of rotatable bonds is 16. The van der Waals surface area contributed by atoms with Crippen molar-refractivity contribution in [3.8, 4) is 11.5 Å². The van der Waals surface area contributed by atoms with Crippen LogP contribution in [0.25, 0.3) is 0 Å². The number of carbonyl (C=O) groups is 11. The fraction of sp³-hybridized carbons (Fsp3) is 0.750. The van der Waals surface area contributed by atoms with E-state index >= 15 is 19.2 Å². The highest BCUT2D eigenvalue weighted by Crippen LogP contribution is 2.46. The zero-order chi connectivity index (χ0) is 71.8. The molecule has 2 aliphatic rings. The summed E-state index contributed by atoms with van der Waals surface area (Å²) in [6, 6.07) is -6.80. The SMILES string of the molecule is CC[C@@H]1NC(=O)[C@H]([C@@H]2O[C@@H](Sc3c(OC)cccc3OC)C[C@H]2C)N(C)C(=O)[C@H](C(C)C)N(C)C(=O)[C@H](CC(C)C)N(C)C(=O)[C@H](CC(C)C)N(C)C(=O)[C@@H](C)NC(=O)[C@H](C)NC(=O)[C@H](CC(C)C)N(C)C(=O)[C@H](C(C)C)NC(=O)[C@H](CC(C)C)N(C)C(=O)CN(C)C1=O. The second-order valence-electron chi connectivity index (χ2n) is 28.2. The van der Waals surface area contributed by atoms with Crippen LogP contribution in [-0.4, -0.2) is 241 Å². The molecule has 0 aliphatic carbocycles. The Balaban J connectivity index is 2.34. The van der Waals surface area contributed by atoms with Gasteiger partial charge in [-0.1, -0.05) is 115 Å². The van der Waals surface area contributed by atoms with E-state index in [1.165, 1.54) is 119 Å². The normalized spacial score (nSPS) is 27.8. The zero-order valence-electron chi connectivity index (χ0n) is 60.9. The number of benzene rings is 1. The monoisotopic (exact) mass is 1340 g/mol. The van der Waals surface area contributed by atoms with Crippen molar-refractivity contribution in [1.82, 2.24) is 55.6 Å². The van der Waals surface area contributed by atoms with Gasteiger partial charge in [0, 0.05) is 49.3 Å². The predicted octanol–water partition coefficient (Wildman–Crippen LogP) is 4.87. The molecule has 0 radical (unpaired) electrons. The first kappa shape index (κ1) is 81.5. The number of amides is 11. The number of nitrogens with zero attached hydrogens (tertiary/aromatic N) is 7. The molecule has 0 bridgehead atoms. The molecule has 3 rings (SSSR count). The van der Waals surface area contributed by atoms with Gasteiger partial charge in [0.25, 0.3) is 0 Å². The minimum Gasteiger partial charge on any atom is -0.495 e. The minimum atomic E-state index is -1.43. The van der Waals surface area contributed by atoms with Crippen molar-refractivity contribution in [1.29, 1.82) is 0 Å². The molecule has 2 fully saturated rings. The number of nitrogens with one attached hydrogen (secondary N) is 4. The van der Waals surface area contributed by atoms with Crippen LogP contribution in [0.15, 0.2) is 23.1 Å². The van der Waals surface area contributed by atoms with Gasteiger partial charge in [-0.05, 0) is 106 Å². The summed E-state index contributed by atoms with van der Waals surface area (Å²) in [5.74, 6) is -8.21. The molecule has 2 saturated heterocycles. The minimum absolute atomic E-state index is 0.0397. The van der Waals surface area contributed by atoms with Crippen LogP contribution in [0.3, 0.4) is 0 Å². The molecule has 11 amide bonds. The Kier molecular flexibility index (Phi) is 31.6. The molecule has 26 heteroatoms. The molecule has 532 valence electrons. The first-order valence-corrected chi connectivity index (χ1v) is 34.2. The Morgan fingerprint density at radius 2 is 0.947 bits per heavy atom. The third kappa shape index (κ3) is 21.1. The van der Waals surface area contributed by atoms with E-state index in [1.807, 2.05) is 62.3 Å². The van der Waals surface area contributed by atoms with E-state index in [-0.39, 0.29) is 55.8 Å². The maximum absolute atomic E-state index is 15.6. The number of carbonyl (C=O) groups excluding carboxylic acids is 11. The van der Waals surface area contributed by atoms with E-state index in [0.717, 1.165) is 4.90 Å². The largest absolute Gasteiger partial charge is 0.495 e. The summed E-state index contributed by atoms with van der Waals surface area (Å²) in [6.07, 6.45) is 0.0493. The highest BCUT2D eigenvalue weighted by Gasteiger charge is 2.49. The standard InChI is InChI=1S/C68H115N11O14S/c1-26-45-64(86)73(17)35-52(80)74(18)46(30-36(2)3)61(83)72-54(40(10)11)67(89)75(19)47(31-37(4)5)60(82)69-43(15)59(81)70-44(16)63(85)76(20)48(32-38(6)7)65(87)77(21)49(33-39(8)9)66(88)78(22)55(41(12)13)68(90)79(23)56(62(84)71-45)57-42(14)34-53(93-57)94-58-50(91-24)28-27-29-51(58)92-25/h27-29,36-49,53-57H,26,30-35H2,1-25H3,(H,69,82)(H,70,81)(H,71,84)(H,72,83)/t42-,43+,44-,45+,46+,47+,48+,49+,53+,54+,55+,56+,57-/m1/s1. The van der Waals surface area contributed by atoms with E-state index in [4.69, 9.17) is 14.2 Å². The summed E-state index contributed by atoms with van der Waals surface area (Å²) in [7, 11) is 13.2. The molecule has 25 nitrogen and oxygen atoms in total. The molecule has 2 heterocycles. The molecule has 0 saturated carbocycles. The average molecular weight is 1340 g/mol. The lowest BCUT2D eigenvalue weighted by Gasteiger charge is -2.41. The van der Waals surface area contributed by atoms with Crippen LogP contribution in [-0.2, 0) is 57.5 Å². The van der Waals surface area contributed by atoms with Crippen LogP contribution >= 0.6 is 11.8 Å².